The normalized spacial score (nSPS) is 17.3. The second kappa shape index (κ2) is 7.09. The molecule has 1 aliphatic rings. The zero-order valence-electron chi connectivity index (χ0n) is 11.7. The predicted molar refractivity (Wildman–Crippen MR) is 77.9 cm³/mol. The molecule has 1 aromatic carbocycles. The van der Waals surface area contributed by atoms with Crippen LogP contribution in [0.3, 0.4) is 0 Å². The third kappa shape index (κ3) is 4.32. The Morgan fingerprint density at radius 1 is 1.38 bits per heavy atom. The molecule has 116 valence electrons. The summed E-state index contributed by atoms with van der Waals surface area (Å²) >= 11 is 5.82. The van der Waals surface area contributed by atoms with Crippen LogP contribution in [0, 0.1) is 5.82 Å². The molecular formula is C15H19ClFNO3. The van der Waals surface area contributed by atoms with Gasteiger partial charge in [0.25, 0.3) is 5.91 Å². The number of hydrogen-bond donors (Lipinski definition) is 2. The second-order valence-electron chi connectivity index (χ2n) is 5.41. The molecule has 0 saturated heterocycles. The third-order valence-corrected chi connectivity index (χ3v) is 4.07. The molecule has 0 aromatic heterocycles. The molecule has 0 unspecified atom stereocenters. The molecular weight excluding hydrogens is 297 g/mol. The molecule has 1 amide bonds. The SMILES string of the molecule is O=C(COc1ccc(F)cc1Cl)NC1(CO)CCCCC1. The lowest BCUT2D eigenvalue weighted by Gasteiger charge is -2.36. The number of ether oxygens (including phenoxy) is 1. The lowest BCUT2D eigenvalue weighted by molar-refractivity contribution is -0.126. The lowest BCUT2D eigenvalue weighted by Crippen LogP contribution is -2.53. The standard InChI is InChI=1S/C15H19ClFNO3/c16-12-8-11(17)4-5-13(12)21-9-14(20)18-15(10-19)6-2-1-3-7-15/h4-5,8,19H,1-3,6-7,9-10H2,(H,18,20). The van der Waals surface area contributed by atoms with Crippen LogP contribution in [0.1, 0.15) is 32.1 Å². The molecule has 0 radical (unpaired) electrons. The van der Waals surface area contributed by atoms with Crippen molar-refractivity contribution in [2.45, 2.75) is 37.6 Å². The van der Waals surface area contributed by atoms with Gasteiger partial charge in [0, 0.05) is 0 Å². The Labute approximate surface area is 128 Å². The molecule has 0 atom stereocenters. The number of carbonyl (C=O) groups excluding carboxylic acids is 1. The van der Waals surface area contributed by atoms with Crippen molar-refractivity contribution in [1.82, 2.24) is 5.32 Å². The van der Waals surface area contributed by atoms with Gasteiger partial charge in [0.05, 0.1) is 17.2 Å². The number of hydrogen-bond acceptors (Lipinski definition) is 3. The maximum atomic E-state index is 12.9. The number of halogens is 2. The van der Waals surface area contributed by atoms with Crippen molar-refractivity contribution in [2.24, 2.45) is 0 Å². The van der Waals surface area contributed by atoms with Crippen LogP contribution >= 0.6 is 11.6 Å². The Hall–Kier alpha value is -1.33. The van der Waals surface area contributed by atoms with E-state index >= 15 is 0 Å². The highest BCUT2D eigenvalue weighted by molar-refractivity contribution is 6.32. The summed E-state index contributed by atoms with van der Waals surface area (Å²) in [6.07, 6.45) is 4.65. The van der Waals surface area contributed by atoms with E-state index in [-0.39, 0.29) is 29.9 Å². The monoisotopic (exact) mass is 315 g/mol. The molecule has 0 spiro atoms. The van der Waals surface area contributed by atoms with Gasteiger partial charge in [-0.25, -0.2) is 4.39 Å². The topological polar surface area (TPSA) is 58.6 Å². The van der Waals surface area contributed by atoms with Gasteiger partial charge >= 0.3 is 0 Å². The van der Waals surface area contributed by atoms with Crippen molar-refractivity contribution in [3.8, 4) is 5.75 Å². The summed E-state index contributed by atoms with van der Waals surface area (Å²) in [6, 6.07) is 3.73. The summed E-state index contributed by atoms with van der Waals surface area (Å²) in [5, 5.41) is 12.5. The minimum Gasteiger partial charge on any atom is -0.482 e. The van der Waals surface area contributed by atoms with Gasteiger partial charge in [0.1, 0.15) is 11.6 Å². The lowest BCUT2D eigenvalue weighted by atomic mass is 9.82. The van der Waals surface area contributed by atoms with Crippen molar-refractivity contribution < 1.29 is 19.0 Å². The molecule has 0 bridgehead atoms. The van der Waals surface area contributed by atoms with Crippen LogP contribution in [0.5, 0.6) is 5.75 Å². The first kappa shape index (κ1) is 16.0. The minimum atomic E-state index is -0.536. The Kier molecular flexibility index (Phi) is 5.42. The number of rotatable bonds is 5. The second-order valence-corrected chi connectivity index (χ2v) is 5.82. The average molecular weight is 316 g/mol. The molecule has 21 heavy (non-hydrogen) atoms. The number of amides is 1. The summed E-state index contributed by atoms with van der Waals surface area (Å²) in [4.78, 5) is 12.0. The predicted octanol–water partition coefficient (Wildman–Crippen LogP) is 2.67. The number of benzene rings is 1. The van der Waals surface area contributed by atoms with E-state index in [4.69, 9.17) is 16.3 Å². The molecule has 1 saturated carbocycles. The Morgan fingerprint density at radius 3 is 2.71 bits per heavy atom. The minimum absolute atomic E-state index is 0.0734. The number of aliphatic hydroxyl groups is 1. The summed E-state index contributed by atoms with van der Waals surface area (Å²) in [7, 11) is 0. The number of carbonyl (C=O) groups is 1. The number of nitrogens with one attached hydrogen (secondary N) is 1. The maximum absolute atomic E-state index is 12.9. The maximum Gasteiger partial charge on any atom is 0.258 e. The van der Waals surface area contributed by atoms with Crippen LogP contribution in [0.2, 0.25) is 5.02 Å². The molecule has 1 fully saturated rings. The van der Waals surface area contributed by atoms with Crippen molar-refractivity contribution in [3.63, 3.8) is 0 Å². The average Bonchev–Trinajstić information content (AvgIpc) is 2.47. The van der Waals surface area contributed by atoms with Crippen molar-refractivity contribution in [2.75, 3.05) is 13.2 Å². The fourth-order valence-corrected chi connectivity index (χ4v) is 2.84. The Morgan fingerprint density at radius 2 is 2.10 bits per heavy atom. The molecule has 4 nitrogen and oxygen atoms in total. The smallest absolute Gasteiger partial charge is 0.258 e. The van der Waals surface area contributed by atoms with E-state index in [0.717, 1.165) is 38.2 Å². The van der Waals surface area contributed by atoms with E-state index in [1.165, 1.54) is 12.1 Å². The quantitative estimate of drug-likeness (QED) is 0.878. The van der Waals surface area contributed by atoms with Crippen LogP contribution in [0.15, 0.2) is 18.2 Å². The van der Waals surface area contributed by atoms with E-state index in [2.05, 4.69) is 5.32 Å². The number of aliphatic hydroxyl groups excluding tert-OH is 1. The van der Waals surface area contributed by atoms with Crippen LogP contribution in [-0.2, 0) is 4.79 Å². The van der Waals surface area contributed by atoms with Crippen molar-refractivity contribution >= 4 is 17.5 Å². The molecule has 2 rings (SSSR count). The van der Waals surface area contributed by atoms with Gasteiger partial charge in [0.15, 0.2) is 6.61 Å². The third-order valence-electron chi connectivity index (χ3n) is 3.77. The van der Waals surface area contributed by atoms with Crippen LogP contribution in [-0.4, -0.2) is 29.8 Å². The highest BCUT2D eigenvalue weighted by Gasteiger charge is 2.32. The first-order chi connectivity index (χ1) is 10.0. The highest BCUT2D eigenvalue weighted by atomic mass is 35.5. The van der Waals surface area contributed by atoms with Gasteiger partial charge in [0.2, 0.25) is 0 Å². The fourth-order valence-electron chi connectivity index (χ4n) is 2.62. The van der Waals surface area contributed by atoms with Crippen LogP contribution in [0.25, 0.3) is 0 Å². The fraction of sp³-hybridized carbons (Fsp3) is 0.533. The summed E-state index contributed by atoms with van der Waals surface area (Å²) in [5.74, 6) is -0.514. The first-order valence-electron chi connectivity index (χ1n) is 7.04. The summed E-state index contributed by atoms with van der Waals surface area (Å²) < 4.78 is 18.2. The van der Waals surface area contributed by atoms with Gasteiger partial charge in [-0.15, -0.1) is 0 Å². The van der Waals surface area contributed by atoms with E-state index in [1.807, 2.05) is 0 Å². The Bertz CT molecular complexity index is 504. The van der Waals surface area contributed by atoms with E-state index in [9.17, 15) is 14.3 Å². The van der Waals surface area contributed by atoms with Crippen molar-refractivity contribution in [1.29, 1.82) is 0 Å². The molecule has 0 aliphatic heterocycles. The van der Waals surface area contributed by atoms with Gasteiger partial charge in [-0.1, -0.05) is 30.9 Å². The Balaban J connectivity index is 1.89. The molecule has 0 heterocycles. The van der Waals surface area contributed by atoms with Gasteiger partial charge in [-0.3, -0.25) is 4.79 Å². The summed E-state index contributed by atoms with van der Waals surface area (Å²) in [5.41, 5.74) is -0.536. The van der Waals surface area contributed by atoms with Gasteiger partial charge < -0.3 is 15.2 Å². The highest BCUT2D eigenvalue weighted by Crippen LogP contribution is 2.28. The van der Waals surface area contributed by atoms with Crippen LogP contribution in [0.4, 0.5) is 4.39 Å². The zero-order valence-corrected chi connectivity index (χ0v) is 12.5. The van der Waals surface area contributed by atoms with Gasteiger partial charge in [-0.2, -0.15) is 0 Å². The van der Waals surface area contributed by atoms with E-state index in [0.29, 0.717) is 0 Å². The van der Waals surface area contributed by atoms with Gasteiger partial charge in [-0.05, 0) is 31.0 Å². The van der Waals surface area contributed by atoms with Crippen molar-refractivity contribution in [3.05, 3.63) is 29.0 Å². The largest absolute Gasteiger partial charge is 0.482 e. The summed E-state index contributed by atoms with van der Waals surface area (Å²) in [6.45, 7) is -0.289. The molecule has 2 N–H and O–H groups in total. The molecule has 1 aliphatic carbocycles. The molecule has 1 aromatic rings. The van der Waals surface area contributed by atoms with E-state index < -0.39 is 11.4 Å². The first-order valence-corrected chi connectivity index (χ1v) is 7.42. The zero-order chi connectivity index (χ0) is 15.3. The van der Waals surface area contributed by atoms with E-state index in [1.54, 1.807) is 0 Å². The van der Waals surface area contributed by atoms with Crippen LogP contribution < -0.4 is 10.1 Å². The molecule has 6 heteroatoms.